The van der Waals surface area contributed by atoms with Gasteiger partial charge < -0.3 is 29.3 Å². The fourth-order valence-electron chi connectivity index (χ4n) is 5.16. The largest absolute Gasteiger partial charge is 0.460 e. The molecule has 2 atom stereocenters. The van der Waals surface area contributed by atoms with Crippen molar-refractivity contribution >= 4 is 23.9 Å². The highest BCUT2D eigenvalue weighted by molar-refractivity contribution is 5.96. The van der Waals surface area contributed by atoms with Gasteiger partial charge in [-0.3, -0.25) is 14.4 Å². The molecule has 2 aromatic rings. The van der Waals surface area contributed by atoms with Gasteiger partial charge in [0.2, 0.25) is 5.91 Å². The van der Waals surface area contributed by atoms with Crippen LogP contribution in [0.25, 0.3) is 11.4 Å². The van der Waals surface area contributed by atoms with Crippen LogP contribution >= 0.6 is 0 Å². The van der Waals surface area contributed by atoms with Gasteiger partial charge in [0.1, 0.15) is 17.3 Å². The van der Waals surface area contributed by atoms with E-state index < -0.39 is 29.6 Å². The lowest BCUT2D eigenvalue weighted by Crippen LogP contribution is -2.56. The van der Waals surface area contributed by atoms with Crippen molar-refractivity contribution in [3.63, 3.8) is 0 Å². The molecule has 3 amide bonds. The standard InChI is InChI=1S/C32H43N5O7/c1-5-42-31(41)37-17-15-36(16-18-37)30(40)25(13-14-27(38)44-32(2,3)4)35-29(39)26-21-23(20-24-12-9-19-43-24)33-28(34-26)22-10-7-6-8-11-22/h6-8,10-11,21,24-25H,5,9,12-20H2,1-4H3,(H,35,39)/t24-,25?/m0/s1. The van der Waals surface area contributed by atoms with Crippen LogP contribution in [-0.4, -0.2) is 101 Å². The normalized spacial score (nSPS) is 17.6. The van der Waals surface area contributed by atoms with Gasteiger partial charge >= 0.3 is 12.1 Å². The molecule has 2 fully saturated rings. The fraction of sp³-hybridized carbons (Fsp3) is 0.562. The molecule has 0 saturated carbocycles. The number of carbonyl (C=O) groups excluding carboxylic acids is 4. The minimum atomic E-state index is -1.01. The molecule has 3 heterocycles. The van der Waals surface area contributed by atoms with Gasteiger partial charge in [0.05, 0.1) is 12.7 Å². The van der Waals surface area contributed by atoms with Crippen LogP contribution in [-0.2, 0) is 30.2 Å². The Kier molecular flexibility index (Phi) is 11.3. The summed E-state index contributed by atoms with van der Waals surface area (Å²) >= 11 is 0. The monoisotopic (exact) mass is 609 g/mol. The van der Waals surface area contributed by atoms with Crippen molar-refractivity contribution in [1.29, 1.82) is 0 Å². The number of piperazine rings is 1. The van der Waals surface area contributed by atoms with E-state index in [2.05, 4.69) is 10.3 Å². The number of ether oxygens (including phenoxy) is 3. The summed E-state index contributed by atoms with van der Waals surface area (Å²) in [4.78, 5) is 64.5. The molecule has 0 bridgehead atoms. The van der Waals surface area contributed by atoms with Crippen LogP contribution in [0.4, 0.5) is 4.79 Å². The summed E-state index contributed by atoms with van der Waals surface area (Å²) < 4.78 is 16.3. The highest BCUT2D eigenvalue weighted by atomic mass is 16.6. The van der Waals surface area contributed by atoms with Gasteiger partial charge in [-0.25, -0.2) is 14.8 Å². The zero-order valence-electron chi connectivity index (χ0n) is 26.0. The second kappa shape index (κ2) is 15.1. The molecule has 0 radical (unpaired) electrons. The maximum Gasteiger partial charge on any atom is 0.409 e. The van der Waals surface area contributed by atoms with E-state index in [4.69, 9.17) is 19.2 Å². The van der Waals surface area contributed by atoms with Crippen LogP contribution < -0.4 is 5.32 Å². The predicted molar refractivity (Wildman–Crippen MR) is 162 cm³/mol. The van der Waals surface area contributed by atoms with E-state index in [0.29, 0.717) is 37.6 Å². The van der Waals surface area contributed by atoms with E-state index in [1.165, 1.54) is 0 Å². The number of nitrogens with zero attached hydrogens (tertiary/aromatic N) is 4. The van der Waals surface area contributed by atoms with Crippen LogP contribution in [0.2, 0.25) is 0 Å². The molecule has 1 unspecified atom stereocenters. The van der Waals surface area contributed by atoms with E-state index in [1.54, 1.807) is 43.6 Å². The summed E-state index contributed by atoms with van der Waals surface area (Å²) in [5, 5.41) is 2.84. The molecule has 2 aliphatic rings. The van der Waals surface area contributed by atoms with Crippen molar-refractivity contribution in [2.45, 2.75) is 77.5 Å². The maximum atomic E-state index is 13.7. The second-order valence-corrected chi connectivity index (χ2v) is 11.9. The number of amides is 3. The molecule has 12 heteroatoms. The van der Waals surface area contributed by atoms with Crippen LogP contribution in [0.15, 0.2) is 36.4 Å². The van der Waals surface area contributed by atoms with Crippen LogP contribution in [0.5, 0.6) is 0 Å². The van der Waals surface area contributed by atoms with Crippen molar-refractivity contribution in [2.24, 2.45) is 0 Å². The molecular weight excluding hydrogens is 566 g/mol. The van der Waals surface area contributed by atoms with Gasteiger partial charge in [0, 0.05) is 56.9 Å². The molecule has 0 aliphatic carbocycles. The molecule has 44 heavy (non-hydrogen) atoms. The summed E-state index contributed by atoms with van der Waals surface area (Å²) in [5.41, 5.74) is 0.863. The first kappa shape index (κ1) is 32.8. The Bertz CT molecular complexity index is 1300. The minimum absolute atomic E-state index is 0.0147. The summed E-state index contributed by atoms with van der Waals surface area (Å²) in [6.45, 7) is 9.16. The Morgan fingerprint density at radius 3 is 2.39 bits per heavy atom. The van der Waals surface area contributed by atoms with E-state index >= 15 is 0 Å². The van der Waals surface area contributed by atoms with Crippen molar-refractivity contribution in [3.05, 3.63) is 47.8 Å². The quantitative estimate of drug-likeness (QED) is 0.402. The first-order valence-electron chi connectivity index (χ1n) is 15.3. The summed E-state index contributed by atoms with van der Waals surface area (Å²) in [6.07, 6.45) is 1.99. The Labute approximate surface area is 258 Å². The number of rotatable bonds is 10. The number of hydrogen-bond donors (Lipinski definition) is 1. The molecule has 1 aromatic heterocycles. The van der Waals surface area contributed by atoms with Crippen LogP contribution in [0.3, 0.4) is 0 Å². The van der Waals surface area contributed by atoms with E-state index in [-0.39, 0.29) is 50.2 Å². The van der Waals surface area contributed by atoms with Crippen LogP contribution in [0, 0.1) is 0 Å². The first-order chi connectivity index (χ1) is 21.0. The number of aromatic nitrogens is 2. The Hall–Kier alpha value is -4.06. The molecule has 12 nitrogen and oxygen atoms in total. The predicted octanol–water partition coefficient (Wildman–Crippen LogP) is 3.39. The number of hydrogen-bond acceptors (Lipinski definition) is 9. The third-order valence-corrected chi connectivity index (χ3v) is 7.28. The highest BCUT2D eigenvalue weighted by Crippen LogP contribution is 2.21. The van der Waals surface area contributed by atoms with Crippen LogP contribution in [0.1, 0.15) is 69.6 Å². The highest BCUT2D eigenvalue weighted by Gasteiger charge is 2.32. The summed E-state index contributed by atoms with van der Waals surface area (Å²) in [5.74, 6) is -0.963. The Balaban J connectivity index is 1.54. The van der Waals surface area contributed by atoms with E-state index in [9.17, 15) is 19.2 Å². The van der Waals surface area contributed by atoms with Gasteiger partial charge in [-0.05, 0) is 53.0 Å². The van der Waals surface area contributed by atoms with Gasteiger partial charge in [-0.2, -0.15) is 0 Å². The molecule has 0 spiro atoms. The maximum absolute atomic E-state index is 13.7. The molecule has 1 N–H and O–H groups in total. The average Bonchev–Trinajstić information content (AvgIpc) is 3.51. The van der Waals surface area contributed by atoms with Crippen molar-refractivity contribution < 1.29 is 33.4 Å². The third kappa shape index (κ3) is 9.47. The van der Waals surface area contributed by atoms with Crippen molar-refractivity contribution in [1.82, 2.24) is 25.1 Å². The fourth-order valence-corrected chi connectivity index (χ4v) is 5.16. The lowest BCUT2D eigenvalue weighted by atomic mass is 10.1. The number of benzene rings is 1. The number of esters is 1. The van der Waals surface area contributed by atoms with E-state index in [0.717, 1.165) is 18.4 Å². The average molecular weight is 610 g/mol. The van der Waals surface area contributed by atoms with E-state index in [1.807, 2.05) is 30.3 Å². The molecule has 238 valence electrons. The zero-order chi connectivity index (χ0) is 31.7. The first-order valence-corrected chi connectivity index (χ1v) is 15.3. The third-order valence-electron chi connectivity index (χ3n) is 7.28. The lowest BCUT2D eigenvalue weighted by molar-refractivity contribution is -0.155. The number of nitrogens with one attached hydrogen (secondary N) is 1. The minimum Gasteiger partial charge on any atom is -0.460 e. The molecule has 2 aliphatic heterocycles. The SMILES string of the molecule is CCOC(=O)N1CCN(C(=O)C(CCC(=O)OC(C)(C)C)NC(=O)c2cc(C[C@@H]3CCCO3)nc(-c3ccccc3)n2)CC1. The summed E-state index contributed by atoms with van der Waals surface area (Å²) in [6, 6.07) is 10.0. The topological polar surface area (TPSA) is 140 Å². The lowest BCUT2D eigenvalue weighted by Gasteiger charge is -2.36. The zero-order valence-corrected chi connectivity index (χ0v) is 26.0. The molecule has 1 aromatic carbocycles. The van der Waals surface area contributed by atoms with Gasteiger partial charge in [0.15, 0.2) is 5.82 Å². The Morgan fingerprint density at radius 2 is 1.75 bits per heavy atom. The molecule has 2 saturated heterocycles. The Morgan fingerprint density at radius 1 is 1.05 bits per heavy atom. The molecular formula is C32H43N5O7. The van der Waals surface area contributed by atoms with Gasteiger partial charge in [0.25, 0.3) is 5.91 Å². The van der Waals surface area contributed by atoms with Crippen molar-refractivity contribution in [2.75, 3.05) is 39.4 Å². The summed E-state index contributed by atoms with van der Waals surface area (Å²) in [7, 11) is 0. The van der Waals surface area contributed by atoms with Gasteiger partial charge in [-0.1, -0.05) is 30.3 Å². The van der Waals surface area contributed by atoms with Crippen molar-refractivity contribution in [3.8, 4) is 11.4 Å². The second-order valence-electron chi connectivity index (χ2n) is 11.9. The molecule has 4 rings (SSSR count). The van der Waals surface area contributed by atoms with Gasteiger partial charge in [-0.15, -0.1) is 0 Å². The smallest absolute Gasteiger partial charge is 0.409 e. The number of carbonyl (C=O) groups is 4.